The number of hydrogen-bond donors (Lipinski definition) is 6. The Kier molecular flexibility index (Phi) is 7.75. The molecule has 1 rings (SSSR count). The standard InChI is InChI=1S/C15H23N3O6/c1-18(2)10-5-3-9(4-6-10)7-16-17-15(24)14(23)13(22)12(21)11(20)8-19/h3-7,11-14,19-23H,8H2,1-2H3,(H,17,24)/b16-7-/t11-,12-,13+,14+/m1/s1. The Hall–Kier alpha value is -2.04. The average molecular weight is 341 g/mol. The molecule has 0 radical (unpaired) electrons. The highest BCUT2D eigenvalue weighted by Crippen LogP contribution is 2.11. The molecular formula is C15H23N3O6. The summed E-state index contributed by atoms with van der Waals surface area (Å²) in [4.78, 5) is 13.6. The van der Waals surface area contributed by atoms with Gasteiger partial charge < -0.3 is 30.4 Å². The van der Waals surface area contributed by atoms with Gasteiger partial charge in [-0.05, 0) is 17.7 Å². The summed E-state index contributed by atoms with van der Waals surface area (Å²) >= 11 is 0. The van der Waals surface area contributed by atoms with Gasteiger partial charge in [0.25, 0.3) is 5.91 Å². The van der Waals surface area contributed by atoms with Crippen LogP contribution in [0.25, 0.3) is 0 Å². The minimum Gasteiger partial charge on any atom is -0.394 e. The molecule has 6 N–H and O–H groups in total. The predicted molar refractivity (Wildman–Crippen MR) is 87.6 cm³/mol. The number of hydrazone groups is 1. The van der Waals surface area contributed by atoms with Crippen molar-refractivity contribution in [3.8, 4) is 0 Å². The number of rotatable bonds is 8. The fraction of sp³-hybridized carbons (Fsp3) is 0.467. The van der Waals surface area contributed by atoms with Gasteiger partial charge in [-0.15, -0.1) is 0 Å². The summed E-state index contributed by atoms with van der Waals surface area (Å²) in [6.45, 7) is -0.826. The third-order valence-electron chi connectivity index (χ3n) is 3.32. The van der Waals surface area contributed by atoms with Crippen LogP contribution in [0.2, 0.25) is 0 Å². The number of benzene rings is 1. The van der Waals surface area contributed by atoms with Gasteiger partial charge in [0.2, 0.25) is 0 Å². The Morgan fingerprint density at radius 2 is 1.75 bits per heavy atom. The Bertz CT molecular complexity index is 549. The zero-order valence-corrected chi connectivity index (χ0v) is 13.4. The first-order chi connectivity index (χ1) is 11.3. The number of carbonyl (C=O) groups excluding carboxylic acids is 1. The highest BCUT2D eigenvalue weighted by Gasteiger charge is 2.34. The van der Waals surface area contributed by atoms with Crippen molar-refractivity contribution in [3.63, 3.8) is 0 Å². The van der Waals surface area contributed by atoms with Crippen molar-refractivity contribution in [2.75, 3.05) is 25.6 Å². The van der Waals surface area contributed by atoms with Crippen LogP contribution in [0, 0.1) is 0 Å². The minimum absolute atomic E-state index is 0.701. The smallest absolute Gasteiger partial charge is 0.271 e. The lowest BCUT2D eigenvalue weighted by Gasteiger charge is -2.24. The second kappa shape index (κ2) is 9.30. The summed E-state index contributed by atoms with van der Waals surface area (Å²) < 4.78 is 0. The first-order valence-corrected chi connectivity index (χ1v) is 7.21. The molecule has 0 unspecified atom stereocenters. The molecule has 0 bridgehead atoms. The van der Waals surface area contributed by atoms with Crippen LogP contribution in [0.15, 0.2) is 29.4 Å². The molecule has 9 nitrogen and oxygen atoms in total. The maximum Gasteiger partial charge on any atom is 0.271 e. The van der Waals surface area contributed by atoms with Gasteiger partial charge in [-0.3, -0.25) is 4.79 Å². The maximum atomic E-state index is 11.6. The molecule has 0 fully saturated rings. The molecule has 0 heterocycles. The number of aliphatic hydroxyl groups excluding tert-OH is 5. The first-order valence-electron chi connectivity index (χ1n) is 7.21. The first kappa shape index (κ1) is 20.0. The highest BCUT2D eigenvalue weighted by atomic mass is 16.4. The zero-order chi connectivity index (χ0) is 18.3. The van der Waals surface area contributed by atoms with Crippen molar-refractivity contribution in [1.29, 1.82) is 0 Å². The molecule has 24 heavy (non-hydrogen) atoms. The molecule has 0 aliphatic rings. The molecule has 0 saturated carbocycles. The van der Waals surface area contributed by atoms with Gasteiger partial charge in [0.1, 0.15) is 18.3 Å². The normalized spacial score (nSPS) is 16.5. The SMILES string of the molecule is CN(C)c1ccc(/C=N\NC(=O)[C@@H](O)[C@@H](O)[C@H](O)[C@H](O)CO)cc1. The van der Waals surface area contributed by atoms with Crippen molar-refractivity contribution in [3.05, 3.63) is 29.8 Å². The van der Waals surface area contributed by atoms with Gasteiger partial charge in [0, 0.05) is 19.8 Å². The van der Waals surface area contributed by atoms with Gasteiger partial charge in [-0.25, -0.2) is 5.43 Å². The second-order valence-corrected chi connectivity index (χ2v) is 5.40. The second-order valence-electron chi connectivity index (χ2n) is 5.40. The van der Waals surface area contributed by atoms with E-state index in [2.05, 4.69) is 5.10 Å². The molecule has 0 aromatic heterocycles. The van der Waals surface area contributed by atoms with Crippen molar-refractivity contribution in [2.24, 2.45) is 5.10 Å². The van der Waals surface area contributed by atoms with Gasteiger partial charge in [0.15, 0.2) is 6.10 Å². The van der Waals surface area contributed by atoms with Crippen molar-refractivity contribution in [2.45, 2.75) is 24.4 Å². The highest BCUT2D eigenvalue weighted by molar-refractivity contribution is 5.84. The summed E-state index contributed by atoms with van der Waals surface area (Å²) in [7, 11) is 3.80. The lowest BCUT2D eigenvalue weighted by atomic mass is 10.0. The molecule has 0 aliphatic heterocycles. The molecule has 0 aliphatic carbocycles. The Balaban J connectivity index is 2.58. The summed E-state index contributed by atoms with van der Waals surface area (Å²) in [5.74, 6) is -1.06. The molecule has 0 spiro atoms. The third-order valence-corrected chi connectivity index (χ3v) is 3.32. The van der Waals surface area contributed by atoms with E-state index in [1.807, 2.05) is 36.6 Å². The van der Waals surface area contributed by atoms with Crippen LogP contribution < -0.4 is 10.3 Å². The van der Waals surface area contributed by atoms with Gasteiger partial charge >= 0.3 is 0 Å². The monoisotopic (exact) mass is 341 g/mol. The van der Waals surface area contributed by atoms with E-state index < -0.39 is 36.9 Å². The topological polar surface area (TPSA) is 146 Å². The van der Waals surface area contributed by atoms with E-state index in [1.165, 1.54) is 6.21 Å². The number of hydrogen-bond acceptors (Lipinski definition) is 8. The Morgan fingerprint density at radius 3 is 2.25 bits per heavy atom. The minimum atomic E-state index is -2.02. The third kappa shape index (κ3) is 5.55. The van der Waals surface area contributed by atoms with Crippen LogP contribution in [-0.4, -0.2) is 82.8 Å². The van der Waals surface area contributed by atoms with E-state index in [1.54, 1.807) is 12.1 Å². The lowest BCUT2D eigenvalue weighted by Crippen LogP contribution is -2.50. The van der Waals surface area contributed by atoms with Crippen molar-refractivity contribution >= 4 is 17.8 Å². The number of amides is 1. The number of nitrogens with zero attached hydrogens (tertiary/aromatic N) is 2. The van der Waals surface area contributed by atoms with Crippen LogP contribution in [-0.2, 0) is 4.79 Å². The molecule has 1 amide bonds. The molecule has 0 saturated heterocycles. The van der Waals surface area contributed by atoms with E-state index in [-0.39, 0.29) is 0 Å². The van der Waals surface area contributed by atoms with Crippen LogP contribution in [0.3, 0.4) is 0 Å². The predicted octanol–water partition coefficient (Wildman–Crippen LogP) is -2.36. The van der Waals surface area contributed by atoms with E-state index in [4.69, 9.17) is 5.11 Å². The summed E-state index contributed by atoms with van der Waals surface area (Å²) in [6.07, 6.45) is -6.20. The molecule has 1 aromatic carbocycles. The fourth-order valence-electron chi connectivity index (χ4n) is 1.77. The Labute approximate surface area is 139 Å². The molecular weight excluding hydrogens is 318 g/mol. The number of nitrogens with one attached hydrogen (secondary N) is 1. The largest absolute Gasteiger partial charge is 0.394 e. The van der Waals surface area contributed by atoms with Crippen LogP contribution in [0.5, 0.6) is 0 Å². The van der Waals surface area contributed by atoms with Crippen LogP contribution in [0.4, 0.5) is 5.69 Å². The van der Waals surface area contributed by atoms with Crippen LogP contribution in [0.1, 0.15) is 5.56 Å². The average Bonchev–Trinajstić information content (AvgIpc) is 2.59. The summed E-state index contributed by atoms with van der Waals surface area (Å²) in [5, 5.41) is 50.1. The van der Waals surface area contributed by atoms with Gasteiger partial charge in [0.05, 0.1) is 12.8 Å². The zero-order valence-electron chi connectivity index (χ0n) is 13.4. The molecule has 4 atom stereocenters. The number of aliphatic hydroxyl groups is 5. The van der Waals surface area contributed by atoms with E-state index in [9.17, 15) is 25.2 Å². The van der Waals surface area contributed by atoms with E-state index >= 15 is 0 Å². The van der Waals surface area contributed by atoms with Gasteiger partial charge in [-0.2, -0.15) is 5.10 Å². The van der Waals surface area contributed by atoms with Gasteiger partial charge in [-0.1, -0.05) is 12.1 Å². The number of anilines is 1. The number of carbonyl (C=O) groups is 1. The quantitative estimate of drug-likeness (QED) is 0.229. The van der Waals surface area contributed by atoms with Crippen molar-refractivity contribution < 1.29 is 30.3 Å². The summed E-state index contributed by atoms with van der Waals surface area (Å²) in [6, 6.07) is 7.26. The maximum absolute atomic E-state index is 11.6. The van der Waals surface area contributed by atoms with E-state index in [0.29, 0.717) is 5.56 Å². The van der Waals surface area contributed by atoms with Crippen LogP contribution >= 0.6 is 0 Å². The molecule has 1 aromatic rings. The molecule has 134 valence electrons. The van der Waals surface area contributed by atoms with Crippen molar-refractivity contribution in [1.82, 2.24) is 5.43 Å². The lowest BCUT2D eigenvalue weighted by molar-refractivity contribution is -0.148. The van der Waals surface area contributed by atoms with E-state index in [0.717, 1.165) is 5.69 Å². The summed E-state index contributed by atoms with van der Waals surface area (Å²) in [5.41, 5.74) is 3.71. The molecule has 9 heteroatoms. The fourth-order valence-corrected chi connectivity index (χ4v) is 1.77. The Morgan fingerprint density at radius 1 is 1.17 bits per heavy atom.